The maximum absolute atomic E-state index is 13.0. The van der Waals surface area contributed by atoms with Gasteiger partial charge in [-0.05, 0) is 23.3 Å². The van der Waals surface area contributed by atoms with Crippen molar-refractivity contribution in [2.24, 2.45) is 0 Å². The number of hydrogen-bond donors (Lipinski definition) is 2. The maximum Gasteiger partial charge on any atom is 0.269 e. The smallest absolute Gasteiger partial charge is 0.269 e. The number of fused-ring (bicyclic) bond motifs is 1. The van der Waals surface area contributed by atoms with E-state index in [9.17, 15) is 18.5 Å². The number of H-pyrrole nitrogens is 1. The van der Waals surface area contributed by atoms with Gasteiger partial charge in [0.15, 0.2) is 11.5 Å². The molecule has 3 aromatic carbocycles. The third-order valence-electron chi connectivity index (χ3n) is 5.82. The molecule has 1 unspecified atom stereocenters. The minimum absolute atomic E-state index is 0.0701. The first-order chi connectivity index (χ1) is 16.8. The molecule has 0 saturated carbocycles. The summed E-state index contributed by atoms with van der Waals surface area (Å²) in [5, 5.41) is 11.8. The molecule has 1 atom stereocenters. The number of methoxy groups -OCH3 is 2. The van der Waals surface area contributed by atoms with Crippen molar-refractivity contribution < 1.29 is 22.8 Å². The molecule has 4 rings (SSSR count). The Morgan fingerprint density at radius 2 is 1.71 bits per heavy atom. The number of aromatic amines is 1. The first-order valence-corrected chi connectivity index (χ1v) is 12.5. The Labute approximate surface area is 202 Å². The Hall–Kier alpha value is -3.89. The minimum Gasteiger partial charge on any atom is -0.493 e. The van der Waals surface area contributed by atoms with Crippen molar-refractivity contribution in [2.75, 3.05) is 20.8 Å². The van der Waals surface area contributed by atoms with E-state index in [1.54, 1.807) is 20.3 Å². The number of nitro groups is 1. The fraction of sp³-hybridized carbons (Fsp3) is 0.200. The minimum atomic E-state index is -3.75. The van der Waals surface area contributed by atoms with Gasteiger partial charge in [-0.3, -0.25) is 10.1 Å². The fourth-order valence-corrected chi connectivity index (χ4v) is 5.30. The highest BCUT2D eigenvalue weighted by Gasteiger charge is 2.25. The standard InChI is InChI=1S/C25H25N3O6S/c1-33-24-9-5-7-20(25(24)34-2)22(21-14-26-23-8-4-3-6-19(21)23)15-27-35(31,32)16-17-10-12-18(13-11-17)28(29)30/h3-14,22,26-27H,15-16H2,1-2H3. The lowest BCUT2D eigenvalue weighted by Gasteiger charge is -2.22. The average molecular weight is 496 g/mol. The van der Waals surface area contributed by atoms with Crippen LogP contribution in [0, 0.1) is 10.1 Å². The molecule has 0 amide bonds. The van der Waals surface area contributed by atoms with Gasteiger partial charge in [0.05, 0.1) is 24.9 Å². The second kappa shape index (κ2) is 10.2. The van der Waals surface area contributed by atoms with Gasteiger partial charge < -0.3 is 14.5 Å². The lowest BCUT2D eigenvalue weighted by Crippen LogP contribution is -2.30. The van der Waals surface area contributed by atoms with Gasteiger partial charge in [-0.1, -0.05) is 42.5 Å². The molecule has 10 heteroatoms. The molecule has 2 N–H and O–H groups in total. The van der Waals surface area contributed by atoms with Crippen molar-refractivity contribution >= 4 is 26.6 Å². The summed E-state index contributed by atoms with van der Waals surface area (Å²) in [4.78, 5) is 13.6. The van der Waals surface area contributed by atoms with Crippen LogP contribution in [0.1, 0.15) is 22.6 Å². The van der Waals surface area contributed by atoms with Crippen LogP contribution in [0.15, 0.2) is 72.9 Å². The predicted molar refractivity (Wildman–Crippen MR) is 133 cm³/mol. The largest absolute Gasteiger partial charge is 0.493 e. The molecular weight excluding hydrogens is 470 g/mol. The average Bonchev–Trinajstić information content (AvgIpc) is 3.28. The zero-order valence-corrected chi connectivity index (χ0v) is 20.0. The van der Waals surface area contributed by atoms with Crippen LogP contribution < -0.4 is 14.2 Å². The monoisotopic (exact) mass is 495 g/mol. The normalized spacial score (nSPS) is 12.4. The number of para-hydroxylation sites is 2. The van der Waals surface area contributed by atoms with Gasteiger partial charge in [-0.25, -0.2) is 13.1 Å². The summed E-state index contributed by atoms with van der Waals surface area (Å²) >= 11 is 0. The van der Waals surface area contributed by atoms with E-state index in [2.05, 4.69) is 9.71 Å². The lowest BCUT2D eigenvalue weighted by atomic mass is 9.90. The molecule has 1 heterocycles. The van der Waals surface area contributed by atoms with Crippen molar-refractivity contribution in [1.29, 1.82) is 0 Å². The molecule has 0 aliphatic heterocycles. The highest BCUT2D eigenvalue weighted by atomic mass is 32.2. The van der Waals surface area contributed by atoms with E-state index in [4.69, 9.17) is 9.47 Å². The number of aromatic nitrogens is 1. The van der Waals surface area contributed by atoms with Crippen LogP contribution in [-0.2, 0) is 15.8 Å². The molecule has 182 valence electrons. The fourth-order valence-electron chi connectivity index (χ4n) is 4.15. The molecule has 9 nitrogen and oxygen atoms in total. The summed E-state index contributed by atoms with van der Waals surface area (Å²) in [6.07, 6.45) is 1.87. The molecule has 4 aromatic rings. The van der Waals surface area contributed by atoms with Gasteiger partial charge in [-0.2, -0.15) is 0 Å². The highest BCUT2D eigenvalue weighted by Crippen LogP contribution is 2.40. The van der Waals surface area contributed by atoms with E-state index >= 15 is 0 Å². The maximum atomic E-state index is 13.0. The number of hydrogen-bond acceptors (Lipinski definition) is 6. The number of benzene rings is 3. The summed E-state index contributed by atoms with van der Waals surface area (Å²) in [6.45, 7) is 0.0701. The van der Waals surface area contributed by atoms with Crippen LogP contribution in [0.5, 0.6) is 11.5 Å². The first-order valence-electron chi connectivity index (χ1n) is 10.8. The van der Waals surface area contributed by atoms with Crippen molar-refractivity contribution in [3.8, 4) is 11.5 Å². The zero-order valence-electron chi connectivity index (χ0n) is 19.2. The summed E-state index contributed by atoms with van der Waals surface area (Å²) in [5.41, 5.74) is 2.97. The van der Waals surface area contributed by atoms with Gasteiger partial charge in [0, 0.05) is 47.3 Å². The zero-order chi connectivity index (χ0) is 25.0. The van der Waals surface area contributed by atoms with E-state index in [0.29, 0.717) is 17.1 Å². The Kier molecular flexibility index (Phi) is 7.04. The number of non-ortho nitro benzene ring substituents is 1. The van der Waals surface area contributed by atoms with Gasteiger partial charge in [0.25, 0.3) is 5.69 Å². The Morgan fingerprint density at radius 3 is 2.40 bits per heavy atom. The van der Waals surface area contributed by atoms with Crippen LogP contribution in [-0.4, -0.2) is 39.1 Å². The summed E-state index contributed by atoms with van der Waals surface area (Å²) in [7, 11) is -0.654. The molecule has 0 aliphatic carbocycles. The van der Waals surface area contributed by atoms with Crippen LogP contribution in [0.25, 0.3) is 10.9 Å². The van der Waals surface area contributed by atoms with Crippen LogP contribution in [0.3, 0.4) is 0 Å². The van der Waals surface area contributed by atoms with Gasteiger partial charge in [0.1, 0.15) is 0 Å². The van der Waals surface area contributed by atoms with E-state index < -0.39 is 14.9 Å². The molecule has 0 aliphatic rings. The Balaban J connectivity index is 1.67. The number of nitrogens with one attached hydrogen (secondary N) is 2. The van der Waals surface area contributed by atoms with E-state index in [1.807, 2.05) is 42.6 Å². The molecular formula is C25H25N3O6S. The van der Waals surface area contributed by atoms with Crippen molar-refractivity contribution in [1.82, 2.24) is 9.71 Å². The highest BCUT2D eigenvalue weighted by molar-refractivity contribution is 7.88. The number of sulfonamides is 1. The SMILES string of the molecule is COc1cccc(C(CNS(=O)(=O)Cc2ccc([N+](=O)[O-])cc2)c2c[nH]c3ccccc23)c1OC. The Bertz CT molecular complexity index is 1450. The van der Waals surface area contributed by atoms with Crippen LogP contribution in [0.4, 0.5) is 5.69 Å². The number of ether oxygens (including phenoxy) is 2. The van der Waals surface area contributed by atoms with E-state index in [1.165, 1.54) is 24.3 Å². The summed E-state index contributed by atoms with van der Waals surface area (Å²) in [6, 6.07) is 18.8. The molecule has 35 heavy (non-hydrogen) atoms. The molecule has 0 spiro atoms. The Morgan fingerprint density at radius 1 is 0.971 bits per heavy atom. The summed E-state index contributed by atoms with van der Waals surface area (Å²) in [5.74, 6) is 0.382. The van der Waals surface area contributed by atoms with E-state index in [-0.39, 0.29) is 23.9 Å². The molecule has 0 saturated heterocycles. The van der Waals surface area contributed by atoms with Gasteiger partial charge in [0.2, 0.25) is 10.0 Å². The molecule has 0 bridgehead atoms. The first kappa shape index (κ1) is 24.2. The number of rotatable bonds is 10. The van der Waals surface area contributed by atoms with Crippen LogP contribution >= 0.6 is 0 Å². The topological polar surface area (TPSA) is 124 Å². The third-order valence-corrected chi connectivity index (χ3v) is 7.14. The number of nitrogens with zero attached hydrogens (tertiary/aromatic N) is 1. The van der Waals surface area contributed by atoms with Crippen molar-refractivity contribution in [3.63, 3.8) is 0 Å². The lowest BCUT2D eigenvalue weighted by molar-refractivity contribution is -0.384. The second-order valence-corrected chi connectivity index (χ2v) is 9.76. The molecule has 1 aromatic heterocycles. The molecule has 0 radical (unpaired) electrons. The quantitative estimate of drug-likeness (QED) is 0.249. The second-order valence-electron chi connectivity index (χ2n) is 7.96. The summed E-state index contributed by atoms with van der Waals surface area (Å²) < 4.78 is 39.7. The number of nitro benzene ring substituents is 1. The third kappa shape index (κ3) is 5.28. The van der Waals surface area contributed by atoms with Crippen molar-refractivity contribution in [3.05, 3.63) is 99.7 Å². The van der Waals surface area contributed by atoms with Crippen LogP contribution in [0.2, 0.25) is 0 Å². The van der Waals surface area contributed by atoms with E-state index in [0.717, 1.165) is 22.0 Å². The van der Waals surface area contributed by atoms with Crippen molar-refractivity contribution in [2.45, 2.75) is 11.7 Å². The predicted octanol–water partition coefficient (Wildman–Crippen LogP) is 4.34. The van der Waals surface area contributed by atoms with Gasteiger partial charge >= 0.3 is 0 Å². The van der Waals surface area contributed by atoms with Gasteiger partial charge in [-0.15, -0.1) is 0 Å². The molecule has 0 fully saturated rings.